The molecule has 3 rings (SSSR count). The van der Waals surface area contributed by atoms with Gasteiger partial charge in [0.2, 0.25) is 5.91 Å². The summed E-state index contributed by atoms with van der Waals surface area (Å²) in [4.78, 5) is 45.3. The van der Waals surface area contributed by atoms with E-state index >= 15 is 4.39 Å². The Morgan fingerprint density at radius 1 is 0.898 bits per heavy atom. The fourth-order valence-electron chi connectivity index (χ4n) is 4.15. The molecule has 0 bridgehead atoms. The highest BCUT2D eigenvalue weighted by molar-refractivity contribution is 9.11. The molecule has 0 aliphatic heterocycles. The summed E-state index contributed by atoms with van der Waals surface area (Å²) in [5.41, 5.74) is -7.91. The Balaban J connectivity index is 2.02. The molecule has 0 saturated carbocycles. The van der Waals surface area contributed by atoms with E-state index in [1.54, 1.807) is 20.8 Å². The van der Waals surface area contributed by atoms with Crippen molar-refractivity contribution in [2.75, 3.05) is 16.8 Å². The molecular weight excluding hydrogens is 804 g/mol. The van der Waals surface area contributed by atoms with Crippen LogP contribution in [-0.2, 0) is 15.3 Å². The lowest BCUT2D eigenvalue weighted by atomic mass is 9.94. The second-order valence-electron chi connectivity index (χ2n) is 11.2. The van der Waals surface area contributed by atoms with Gasteiger partial charge < -0.3 is 10.2 Å². The Bertz CT molecular complexity index is 1770. The zero-order valence-corrected chi connectivity index (χ0v) is 28.6. The molecular formula is C31H24Br2F8N4O4. The maximum atomic E-state index is 16.1. The molecule has 0 spiro atoms. The first kappa shape index (κ1) is 39.4. The monoisotopic (exact) mass is 826 g/mol. The molecule has 3 amide bonds. The number of amides is 3. The van der Waals surface area contributed by atoms with Crippen molar-refractivity contribution in [3.63, 3.8) is 0 Å². The minimum absolute atomic E-state index is 0.0748. The van der Waals surface area contributed by atoms with Gasteiger partial charge in [0.25, 0.3) is 11.8 Å². The molecule has 8 nitrogen and oxygen atoms in total. The third kappa shape index (κ3) is 8.94. The van der Waals surface area contributed by atoms with E-state index in [1.165, 1.54) is 30.3 Å². The number of alkyl halides is 7. The zero-order chi connectivity index (χ0) is 37.1. The summed E-state index contributed by atoms with van der Waals surface area (Å²) in [6, 6.07) is 10.8. The third-order valence-corrected chi connectivity index (χ3v) is 7.74. The van der Waals surface area contributed by atoms with E-state index in [9.17, 15) is 50.4 Å². The lowest BCUT2D eigenvalue weighted by Crippen LogP contribution is -2.50. The average molecular weight is 828 g/mol. The lowest BCUT2D eigenvalue weighted by Gasteiger charge is -2.31. The number of nitrogens with zero attached hydrogens (tertiary/aromatic N) is 2. The van der Waals surface area contributed by atoms with Crippen LogP contribution in [0.5, 0.6) is 0 Å². The quantitative estimate of drug-likeness (QED) is 0.166. The largest absolute Gasteiger partial charge is 0.435 e. The van der Waals surface area contributed by atoms with E-state index in [0.717, 1.165) is 17.0 Å². The van der Waals surface area contributed by atoms with Crippen LogP contribution in [0.3, 0.4) is 0 Å². The van der Waals surface area contributed by atoms with Crippen LogP contribution in [0, 0.1) is 17.1 Å². The van der Waals surface area contributed by atoms with Gasteiger partial charge in [0.1, 0.15) is 0 Å². The normalized spacial score (nSPS) is 12.2. The second-order valence-corrected chi connectivity index (χ2v) is 12.9. The molecule has 2 N–H and O–H groups in total. The van der Waals surface area contributed by atoms with Crippen molar-refractivity contribution in [1.82, 2.24) is 5.48 Å². The number of hydroxylamine groups is 1. The predicted molar refractivity (Wildman–Crippen MR) is 168 cm³/mol. The fraction of sp³-hybridized carbons (Fsp3) is 0.290. The highest BCUT2D eigenvalue weighted by Crippen LogP contribution is 2.54. The average Bonchev–Trinajstić information content (AvgIpc) is 3.00. The molecule has 0 unspecified atom stereocenters. The molecule has 3 aromatic carbocycles. The second kappa shape index (κ2) is 14.8. The Kier molecular flexibility index (Phi) is 11.9. The summed E-state index contributed by atoms with van der Waals surface area (Å²) in [6.45, 7) is 4.50. The lowest BCUT2D eigenvalue weighted by molar-refractivity contribution is -0.348. The van der Waals surface area contributed by atoms with Crippen LogP contribution in [0.4, 0.5) is 46.5 Å². The van der Waals surface area contributed by atoms with Crippen LogP contribution in [0.15, 0.2) is 63.5 Å². The van der Waals surface area contributed by atoms with Crippen LogP contribution >= 0.6 is 31.9 Å². The van der Waals surface area contributed by atoms with Crippen molar-refractivity contribution in [2.45, 2.75) is 50.8 Å². The van der Waals surface area contributed by atoms with Gasteiger partial charge >= 0.3 is 18.0 Å². The summed E-state index contributed by atoms with van der Waals surface area (Å²) < 4.78 is 109. The van der Waals surface area contributed by atoms with Gasteiger partial charge in [0.05, 0.1) is 34.2 Å². The number of rotatable bonds is 9. The molecule has 0 heterocycles. The van der Waals surface area contributed by atoms with E-state index in [2.05, 4.69) is 42.7 Å². The third-order valence-electron chi connectivity index (χ3n) is 6.49. The Morgan fingerprint density at radius 2 is 1.47 bits per heavy atom. The molecule has 0 aliphatic carbocycles. The number of hydrogen-bond donors (Lipinski definition) is 2. The van der Waals surface area contributed by atoms with Crippen LogP contribution in [-0.4, -0.2) is 42.2 Å². The molecule has 0 atom stereocenters. The number of anilines is 2. The van der Waals surface area contributed by atoms with E-state index < -0.39 is 91.6 Å². The van der Waals surface area contributed by atoms with Gasteiger partial charge in [0.15, 0.2) is 5.82 Å². The number of benzene rings is 3. The number of nitriles is 1. The summed E-state index contributed by atoms with van der Waals surface area (Å²) in [5, 5.41) is 11.4. The Morgan fingerprint density at radius 3 is 2.00 bits per heavy atom. The first-order chi connectivity index (χ1) is 22.5. The van der Waals surface area contributed by atoms with E-state index in [-0.39, 0.29) is 23.3 Å². The first-order valence-corrected chi connectivity index (χ1v) is 15.3. The van der Waals surface area contributed by atoms with Gasteiger partial charge in [0, 0.05) is 33.0 Å². The van der Waals surface area contributed by atoms with Gasteiger partial charge in [-0.2, -0.15) is 31.6 Å². The van der Waals surface area contributed by atoms with Crippen molar-refractivity contribution in [2.24, 2.45) is 0 Å². The highest BCUT2D eigenvalue weighted by atomic mass is 79.9. The van der Waals surface area contributed by atoms with Gasteiger partial charge in [-0.15, -0.1) is 0 Å². The molecule has 0 fully saturated rings. The number of hydrogen-bond acceptors (Lipinski definition) is 5. The summed E-state index contributed by atoms with van der Waals surface area (Å²) in [7, 11) is 0. The van der Waals surface area contributed by atoms with Gasteiger partial charge in [-0.25, -0.2) is 14.3 Å². The van der Waals surface area contributed by atoms with Crippen molar-refractivity contribution in [3.05, 3.63) is 91.6 Å². The van der Waals surface area contributed by atoms with Crippen LogP contribution < -0.4 is 15.7 Å². The van der Waals surface area contributed by atoms with Crippen molar-refractivity contribution >= 4 is 61.0 Å². The van der Waals surface area contributed by atoms with Gasteiger partial charge in [-0.1, -0.05) is 12.1 Å². The van der Waals surface area contributed by atoms with E-state index in [1.807, 2.05) is 6.07 Å². The van der Waals surface area contributed by atoms with Gasteiger partial charge in [-0.05, 0) is 95.1 Å². The van der Waals surface area contributed by atoms with Crippen LogP contribution in [0.1, 0.15) is 59.0 Å². The molecule has 49 heavy (non-hydrogen) atoms. The van der Waals surface area contributed by atoms with Crippen molar-refractivity contribution in [1.29, 1.82) is 5.26 Å². The minimum atomic E-state index is -6.40. The smallest absolute Gasteiger partial charge is 0.320 e. The Labute approximate surface area is 290 Å². The van der Waals surface area contributed by atoms with Crippen molar-refractivity contribution < 1.29 is 54.3 Å². The molecule has 0 aliphatic rings. The maximum absolute atomic E-state index is 16.1. The fourth-order valence-corrected chi connectivity index (χ4v) is 5.53. The molecule has 0 radical (unpaired) electrons. The number of nitrogens with one attached hydrogen (secondary N) is 2. The SMILES string of the molecule is CC(C)(C)ONC(=O)CCN(C(=O)c1cccc(C#N)c1)c1cccc(C(=O)Nc2c(Br)cc(C(F)(C(F)(F)F)C(F)(F)F)cc2Br)c1F. The number of halogens is 10. The maximum Gasteiger partial charge on any atom is 0.435 e. The Hall–Kier alpha value is -4.08. The molecule has 3 aromatic rings. The topological polar surface area (TPSA) is 112 Å². The van der Waals surface area contributed by atoms with Crippen molar-refractivity contribution in [3.8, 4) is 6.07 Å². The molecule has 18 heteroatoms. The first-order valence-electron chi connectivity index (χ1n) is 13.7. The molecule has 262 valence electrons. The predicted octanol–water partition coefficient (Wildman–Crippen LogP) is 8.65. The number of carbonyl (C=O) groups excluding carboxylic acids is 3. The summed E-state index contributed by atoms with van der Waals surface area (Å²) in [5.74, 6) is -4.15. The standard InChI is InChI=1S/C31H24Br2F8N4O4/c1-28(2,3)49-44-23(46)10-11-45(27(48)17-7-4-6-16(12-17)15-42)22-9-5-8-19(24(22)34)26(47)43-25-20(32)13-18(14-21(25)33)29(35,30(36,37)38)31(39,40)41/h4-9,12-14H,10-11H2,1-3H3,(H,43,47)(H,44,46). The van der Waals surface area contributed by atoms with Crippen LogP contribution in [0.25, 0.3) is 0 Å². The van der Waals surface area contributed by atoms with E-state index in [0.29, 0.717) is 0 Å². The molecule has 0 saturated heterocycles. The highest BCUT2D eigenvalue weighted by Gasteiger charge is 2.73. The zero-order valence-electron chi connectivity index (χ0n) is 25.4. The minimum Gasteiger partial charge on any atom is -0.320 e. The summed E-state index contributed by atoms with van der Waals surface area (Å²) >= 11 is 5.47. The van der Waals surface area contributed by atoms with Gasteiger partial charge in [-0.3, -0.25) is 19.2 Å². The van der Waals surface area contributed by atoms with E-state index in [4.69, 9.17) is 4.84 Å². The molecule has 0 aromatic heterocycles. The van der Waals surface area contributed by atoms with Crippen LogP contribution in [0.2, 0.25) is 0 Å². The summed E-state index contributed by atoms with van der Waals surface area (Å²) in [6.07, 6.45) is -13.2. The number of carbonyl (C=O) groups is 3.